The Morgan fingerprint density at radius 1 is 0.586 bits per heavy atom. The summed E-state index contributed by atoms with van der Waals surface area (Å²) in [7, 11) is 3.08. The van der Waals surface area contributed by atoms with E-state index in [1.54, 1.807) is 162 Å². The molecule has 2 heterocycles. The summed E-state index contributed by atoms with van der Waals surface area (Å²) >= 11 is 1.30. The van der Waals surface area contributed by atoms with Gasteiger partial charge in [-0.1, -0.05) is 100 Å². The number of likely N-dealkylation sites (N-methyl/N-ethyl adjacent to an activating group) is 1. The van der Waals surface area contributed by atoms with E-state index in [1.165, 1.54) is 23.7 Å². The third-order valence-corrected chi connectivity index (χ3v) is 23.8. The number of ether oxygens (including phenoxy) is 1. The molecule has 5 aromatic rings. The molecule has 1 aliphatic heterocycles. The number of aliphatic hydroxyl groups excluding tert-OH is 4. The van der Waals surface area contributed by atoms with Crippen LogP contribution in [0.1, 0.15) is 145 Å². The molecule has 18 amide bonds. The van der Waals surface area contributed by atoms with Crippen LogP contribution in [0.4, 0.5) is 21.0 Å². The van der Waals surface area contributed by atoms with E-state index >= 15 is 0 Å². The van der Waals surface area contributed by atoms with E-state index in [2.05, 4.69) is 101 Å². The lowest BCUT2D eigenvalue weighted by Crippen LogP contribution is -2.62. The predicted molar refractivity (Wildman–Crippen MR) is 540 cm³/mol. The number of urea groups is 2. The van der Waals surface area contributed by atoms with E-state index in [-0.39, 0.29) is 128 Å². The van der Waals surface area contributed by atoms with Crippen molar-refractivity contribution in [2.45, 2.75) is 232 Å². The molecule has 4 aromatic carbocycles. The molecule has 1 saturated heterocycles. The van der Waals surface area contributed by atoms with Crippen LogP contribution in [0, 0.1) is 17.2 Å². The highest BCUT2D eigenvalue weighted by Crippen LogP contribution is 2.34. The molecule has 0 radical (unpaired) electrons. The summed E-state index contributed by atoms with van der Waals surface area (Å²) in [6.07, 6.45) is -4.59. The van der Waals surface area contributed by atoms with Crippen LogP contribution in [0.3, 0.4) is 0 Å². The van der Waals surface area contributed by atoms with Gasteiger partial charge < -0.3 is 160 Å². The molecule has 48 nitrogen and oxygen atoms in total. The number of carbonyl (C=O) groups is 16. The first-order chi connectivity index (χ1) is 69.1. The minimum atomic E-state index is -1.92. The van der Waals surface area contributed by atoms with E-state index in [0.717, 1.165) is 13.8 Å². The summed E-state index contributed by atoms with van der Waals surface area (Å²) < 4.78 is 5.65. The first-order valence-electron chi connectivity index (χ1n) is 47.8. The number of nitrogens with zero attached hydrogens (tertiary/aromatic N) is 2. The highest BCUT2D eigenvalue weighted by Gasteiger charge is 2.40. The second kappa shape index (κ2) is 62.7. The molecule has 0 spiro atoms. The number of anilines is 2. The van der Waals surface area contributed by atoms with Crippen LogP contribution >= 0.6 is 11.8 Å². The maximum atomic E-state index is 14.8. The number of primary amides is 1. The van der Waals surface area contributed by atoms with Gasteiger partial charge in [0.15, 0.2) is 0 Å². The fraction of sp³-hybridized carbons (Fsp3) is 0.500. The molecule has 794 valence electrons. The van der Waals surface area contributed by atoms with Gasteiger partial charge in [-0.05, 0) is 194 Å². The van der Waals surface area contributed by atoms with Crippen molar-refractivity contribution in [3.63, 3.8) is 0 Å². The molecule has 6 rings (SSSR count). The van der Waals surface area contributed by atoms with Crippen molar-refractivity contribution in [1.29, 1.82) is 5.41 Å². The second-order valence-electron chi connectivity index (χ2n) is 35.3. The normalized spacial score (nSPS) is 18.7. The first kappa shape index (κ1) is 120. The zero-order valence-electron chi connectivity index (χ0n) is 82.6. The van der Waals surface area contributed by atoms with Gasteiger partial charge in [0.1, 0.15) is 72.7 Å². The fourth-order valence-electron chi connectivity index (χ4n) is 14.8. The molecule has 1 fully saturated rings. The van der Waals surface area contributed by atoms with Gasteiger partial charge in [0, 0.05) is 86.8 Å². The Hall–Kier alpha value is -13.7. The van der Waals surface area contributed by atoms with Gasteiger partial charge in [-0.3, -0.25) is 77.4 Å². The first-order valence-corrected chi connectivity index (χ1v) is 48.7. The number of aromatic nitrogens is 1. The van der Waals surface area contributed by atoms with E-state index in [0.29, 0.717) is 49.1 Å². The van der Waals surface area contributed by atoms with Gasteiger partial charge in [-0.25, -0.2) is 9.59 Å². The number of nitrogens with one attached hydrogen (secondary N) is 19. The van der Waals surface area contributed by atoms with E-state index in [9.17, 15) is 97.1 Å². The molecule has 49 heteroatoms. The van der Waals surface area contributed by atoms with E-state index in [1.807, 2.05) is 6.07 Å². The average molecular weight is 2040 g/mol. The molecular weight excluding hydrogens is 1900 g/mol. The Labute approximate surface area is 845 Å². The quantitative estimate of drug-likeness (QED) is 0.0100. The van der Waals surface area contributed by atoms with Crippen LogP contribution in [-0.2, 0) is 80.1 Å². The maximum absolute atomic E-state index is 14.8. The summed E-state index contributed by atoms with van der Waals surface area (Å²) in [4.78, 5) is 230. The highest BCUT2D eigenvalue weighted by molar-refractivity contribution is 7.99. The lowest BCUT2D eigenvalue weighted by Gasteiger charge is -2.29. The van der Waals surface area contributed by atoms with Gasteiger partial charge in [0.05, 0.1) is 47.5 Å². The minimum Gasteiger partial charge on any atom is -0.391 e. The van der Waals surface area contributed by atoms with Crippen molar-refractivity contribution in [3.8, 4) is 0 Å². The van der Waals surface area contributed by atoms with Crippen molar-refractivity contribution in [2.75, 3.05) is 83.6 Å². The summed E-state index contributed by atoms with van der Waals surface area (Å²) in [5.41, 5.74) is 38.3. The van der Waals surface area contributed by atoms with Crippen molar-refractivity contribution in [3.05, 3.63) is 155 Å². The summed E-state index contributed by atoms with van der Waals surface area (Å²) in [5, 5.41) is 100. The number of aliphatic hydroxyl groups is 4. The Kier molecular flexibility index (Phi) is 51.9. The Bertz CT molecular complexity index is 5150. The number of carbonyl (C=O) groups excluding carboxylic acids is 16. The minimum absolute atomic E-state index is 0.00276. The van der Waals surface area contributed by atoms with Crippen LogP contribution in [0.5, 0.6) is 0 Å². The molecule has 0 saturated carbocycles. The molecule has 0 bridgehead atoms. The molecule has 145 heavy (non-hydrogen) atoms. The van der Waals surface area contributed by atoms with Crippen molar-refractivity contribution < 1.29 is 102 Å². The van der Waals surface area contributed by atoms with Gasteiger partial charge in [0.2, 0.25) is 83.2 Å². The Morgan fingerprint density at radius 3 is 1.74 bits per heavy atom. The maximum Gasteiger partial charge on any atom is 0.321 e. The van der Waals surface area contributed by atoms with Crippen LogP contribution < -0.4 is 130 Å². The van der Waals surface area contributed by atoms with E-state index in [4.69, 9.17) is 44.5 Å². The van der Waals surface area contributed by atoms with Gasteiger partial charge in [-0.15, -0.1) is 0 Å². The van der Waals surface area contributed by atoms with Crippen LogP contribution in [0.2, 0.25) is 0 Å². The molecule has 16 atom stereocenters. The molecule has 0 aliphatic carbocycles. The van der Waals surface area contributed by atoms with Gasteiger partial charge in [0.25, 0.3) is 5.91 Å². The number of amides is 18. The monoisotopic (exact) mass is 2040 g/mol. The SMILES string of the molecule is CNC(=O)c1ccccc1Sc1ccc(C(=N)/C=C/c2ccccn2)c(NC(=O)N(C)CCNC(O)OCc2ccc(NC(O)[C@H](CCCNC(N)=O)NC(=O)[C@H](NC(=O)CCC(=O)NC(CCN)C(=O)N[C@H](C(=O)NC(CCN)C(=O)NC3CCNC(=O)C([C@@H](C)O)NC(=O)[C@@H](CCN)NC(=O)C(CCN)NC(=O)C(CC(C)C)NC(=O)[C@@H](Cc4ccccc4)NC(=O)C(CCN)NC3=O)[C@H](C)O)C(C)C)cc2)c1. The predicted octanol–water partition coefficient (Wildman–Crippen LogP) is -4.03. The number of hydrogen-bond acceptors (Lipinski definition) is 31. The number of nitrogens with two attached hydrogens (primary N) is 6. The highest BCUT2D eigenvalue weighted by atomic mass is 32.2. The number of hydrogen-bond donors (Lipinski definition) is 29. The smallest absolute Gasteiger partial charge is 0.321 e. The number of rotatable bonds is 51. The van der Waals surface area contributed by atoms with Gasteiger partial charge >= 0.3 is 12.1 Å². The third kappa shape index (κ3) is 41.5. The lowest BCUT2D eigenvalue weighted by atomic mass is 10.00. The largest absolute Gasteiger partial charge is 0.391 e. The van der Waals surface area contributed by atoms with Crippen molar-refractivity contribution >= 4 is 130 Å². The average Bonchev–Trinajstić information content (AvgIpc) is 0.836. The summed E-state index contributed by atoms with van der Waals surface area (Å²) in [6, 6.07) is 12.7. The zero-order chi connectivity index (χ0) is 107. The number of benzene rings is 4. The molecule has 35 N–H and O–H groups in total. The van der Waals surface area contributed by atoms with E-state index < -0.39 is 224 Å². The fourth-order valence-corrected chi connectivity index (χ4v) is 15.8. The summed E-state index contributed by atoms with van der Waals surface area (Å²) in [6.45, 7) is 7.36. The van der Waals surface area contributed by atoms with Gasteiger partial charge in [-0.2, -0.15) is 0 Å². The lowest BCUT2D eigenvalue weighted by molar-refractivity contribution is -0.137. The second-order valence-corrected chi connectivity index (χ2v) is 36.4. The topological polar surface area (TPSA) is 776 Å². The number of pyridine rings is 1. The standard InChI is InChI=1S/C96H143N27O21S/c1-53(2)49-73-89(136)113-67(34-40-98)83(130)112-70(37-43-101)88(135)121-79(55(5)124)91(138)106-46-38-71(86(133)111-68(35-41-99)85(132)118-74(90(137)117-73)50-57-17-10-9-11-18-57)114-84(131)69(36-42-100)116-93(140)80(56(6)125)122-87(134)66(33-39-97)110-76(126)31-32-77(127)120-78(54(3)4)92(139)115-65(21-16-45-107-94(103)141)82(129)109-60-25-23-58(24-26-60)52-144-96(143)108-47-48-123(8)95(142)119-72-51-61(145-75-22-13-12-20-63(75)81(128)104-7)28-29-62(72)64(102)30-27-59-19-14-15-44-105-59/h9-15,17-20,22-30,44,51,53-56,65-71,73-74,78-80,82,96,102,108-109,124-125,129,143H,16,21,31-43,45-50,52,97-101H2,1-8H3,(H,104,128)(H,106,138)(H,110,126)(H,111,133)(H,112,130)(H,113,136)(H,114,131)(H,115,139)(H,116,140)(H,117,137)(H,118,132)(H,119,142)(H,120,127)(H,121,135)(H,122,134)(H3,103,107,141)/b30-27+,102-64?/t55-,56+,65+,66?,67?,68?,69?,70-,71?,73?,74-,78-,79?,80+,82?,96?/m1/s1. The van der Waals surface area contributed by atoms with Crippen molar-refractivity contribution in [1.82, 2.24) is 95.0 Å². The molecule has 9 unspecified atom stereocenters. The third-order valence-electron chi connectivity index (χ3n) is 22.8. The molecule has 1 aliphatic rings. The number of allylic oxidation sites excluding steroid dienone is 1. The Morgan fingerprint density at radius 2 is 1.16 bits per heavy atom. The zero-order valence-corrected chi connectivity index (χ0v) is 83.5. The van der Waals surface area contributed by atoms with Crippen molar-refractivity contribution in [2.24, 2.45) is 46.2 Å². The van der Waals surface area contributed by atoms with Crippen LogP contribution in [0.15, 0.2) is 137 Å². The van der Waals surface area contributed by atoms with Crippen LogP contribution in [0.25, 0.3) is 6.08 Å². The Balaban J connectivity index is 1.08. The molecule has 1 aromatic heterocycles. The summed E-state index contributed by atoms with van der Waals surface area (Å²) in [5.74, 6) is -13.8. The molecular formula is C96H143N27O21S. The van der Waals surface area contributed by atoms with Crippen LogP contribution in [-0.4, -0.2) is 301 Å².